The second-order valence-corrected chi connectivity index (χ2v) is 5.67. The molecule has 2 heterocycles. The molecule has 3 N–H and O–H groups in total. The van der Waals surface area contributed by atoms with Gasteiger partial charge in [0, 0.05) is 22.4 Å². The summed E-state index contributed by atoms with van der Waals surface area (Å²) in [6.45, 7) is 3.40. The van der Waals surface area contributed by atoms with Crippen LogP contribution < -0.4 is 11.1 Å². The van der Waals surface area contributed by atoms with Crippen LogP contribution in [0.4, 0.5) is 0 Å². The molecule has 5 heteroatoms. The van der Waals surface area contributed by atoms with Gasteiger partial charge in [-0.3, -0.25) is 4.79 Å². The Morgan fingerprint density at radius 2 is 2.53 bits per heavy atom. The van der Waals surface area contributed by atoms with E-state index >= 15 is 0 Å². The number of rotatable bonds is 3. The van der Waals surface area contributed by atoms with Crippen LogP contribution in [0.1, 0.15) is 30.2 Å². The maximum atomic E-state index is 12.0. The first-order valence-electron chi connectivity index (χ1n) is 6.33. The van der Waals surface area contributed by atoms with Gasteiger partial charge < -0.3 is 15.8 Å². The SMILES string of the molecule is CC1(C(=O)NCc2cc(C#CCN)cs2)CCCO1. The number of hydrogen-bond donors (Lipinski definition) is 2. The molecule has 4 nitrogen and oxygen atoms in total. The Labute approximate surface area is 117 Å². The first kappa shape index (κ1) is 14.1. The van der Waals surface area contributed by atoms with Crippen molar-refractivity contribution in [2.24, 2.45) is 5.73 Å². The van der Waals surface area contributed by atoms with Crippen LogP contribution >= 0.6 is 11.3 Å². The minimum absolute atomic E-state index is 0.0343. The molecule has 0 spiro atoms. The van der Waals surface area contributed by atoms with E-state index in [1.165, 1.54) is 0 Å². The van der Waals surface area contributed by atoms with Crippen molar-refractivity contribution in [1.29, 1.82) is 0 Å². The summed E-state index contributed by atoms with van der Waals surface area (Å²) in [5.41, 5.74) is 5.62. The van der Waals surface area contributed by atoms with Gasteiger partial charge >= 0.3 is 0 Å². The summed E-state index contributed by atoms with van der Waals surface area (Å²) >= 11 is 1.58. The predicted octanol–water partition coefficient (Wildman–Crippen LogP) is 1.24. The highest BCUT2D eigenvalue weighted by molar-refractivity contribution is 7.10. The topological polar surface area (TPSA) is 64.4 Å². The third-order valence-corrected chi connectivity index (χ3v) is 4.05. The van der Waals surface area contributed by atoms with E-state index < -0.39 is 5.60 Å². The van der Waals surface area contributed by atoms with Gasteiger partial charge in [0.25, 0.3) is 5.91 Å². The number of carbonyl (C=O) groups is 1. The number of thiophene rings is 1. The number of carbonyl (C=O) groups excluding carboxylic acids is 1. The number of hydrogen-bond acceptors (Lipinski definition) is 4. The summed E-state index contributed by atoms with van der Waals surface area (Å²) in [4.78, 5) is 13.1. The van der Waals surface area contributed by atoms with Crippen molar-refractivity contribution in [3.63, 3.8) is 0 Å². The summed E-state index contributed by atoms with van der Waals surface area (Å²) in [5.74, 6) is 5.75. The van der Waals surface area contributed by atoms with E-state index in [9.17, 15) is 4.79 Å². The second kappa shape index (κ2) is 6.20. The van der Waals surface area contributed by atoms with Gasteiger partial charge in [-0.1, -0.05) is 11.8 Å². The molecular formula is C14H18N2O2S. The molecule has 0 saturated carbocycles. The Kier molecular flexibility index (Phi) is 4.59. The number of amides is 1. The van der Waals surface area contributed by atoms with Crippen LogP contribution in [0.3, 0.4) is 0 Å². The molecule has 0 aliphatic carbocycles. The molecule has 0 bridgehead atoms. The summed E-state index contributed by atoms with van der Waals surface area (Å²) in [6.07, 6.45) is 1.73. The zero-order valence-corrected chi connectivity index (χ0v) is 11.8. The highest BCUT2D eigenvalue weighted by Crippen LogP contribution is 2.25. The standard InChI is InChI=1S/C14H18N2O2S/c1-14(5-3-7-18-14)13(17)16-9-12-8-11(10-19-12)4-2-6-15/h8,10H,3,5-7,9,15H2,1H3,(H,16,17). The Balaban J connectivity index is 1.88. The molecule has 0 aromatic carbocycles. The quantitative estimate of drug-likeness (QED) is 0.818. The lowest BCUT2D eigenvalue weighted by molar-refractivity contribution is -0.139. The minimum atomic E-state index is -0.653. The van der Waals surface area contributed by atoms with E-state index in [1.807, 2.05) is 18.4 Å². The summed E-state index contributed by atoms with van der Waals surface area (Å²) < 4.78 is 5.50. The molecule has 1 aromatic rings. The molecule has 2 rings (SSSR count). The molecule has 1 atom stereocenters. The summed E-state index contributed by atoms with van der Waals surface area (Å²) in [5, 5.41) is 4.89. The predicted molar refractivity (Wildman–Crippen MR) is 75.7 cm³/mol. The largest absolute Gasteiger partial charge is 0.365 e. The lowest BCUT2D eigenvalue weighted by Gasteiger charge is -2.21. The Hall–Kier alpha value is -1.35. The number of nitrogens with one attached hydrogen (secondary N) is 1. The molecule has 1 amide bonds. The lowest BCUT2D eigenvalue weighted by Crippen LogP contribution is -2.43. The van der Waals surface area contributed by atoms with Crippen molar-refractivity contribution in [2.75, 3.05) is 13.2 Å². The van der Waals surface area contributed by atoms with Crippen LogP contribution in [0.25, 0.3) is 0 Å². The smallest absolute Gasteiger partial charge is 0.252 e. The Morgan fingerprint density at radius 1 is 1.68 bits per heavy atom. The zero-order chi connectivity index (χ0) is 13.7. The number of nitrogens with two attached hydrogens (primary N) is 1. The maximum Gasteiger partial charge on any atom is 0.252 e. The average molecular weight is 278 g/mol. The zero-order valence-electron chi connectivity index (χ0n) is 11.0. The molecule has 1 aromatic heterocycles. The van der Waals surface area contributed by atoms with Crippen LogP contribution in [0.2, 0.25) is 0 Å². The highest BCUT2D eigenvalue weighted by atomic mass is 32.1. The first-order chi connectivity index (χ1) is 9.14. The van der Waals surface area contributed by atoms with E-state index in [1.54, 1.807) is 11.3 Å². The van der Waals surface area contributed by atoms with Gasteiger partial charge in [-0.25, -0.2) is 0 Å². The average Bonchev–Trinajstić information content (AvgIpc) is 3.03. The van der Waals surface area contributed by atoms with Crippen molar-refractivity contribution < 1.29 is 9.53 Å². The minimum Gasteiger partial charge on any atom is -0.365 e. The third kappa shape index (κ3) is 3.57. The summed E-state index contributed by atoms with van der Waals surface area (Å²) in [6, 6.07) is 1.98. The van der Waals surface area contributed by atoms with Crippen LogP contribution in [0.5, 0.6) is 0 Å². The monoisotopic (exact) mass is 278 g/mol. The molecule has 1 unspecified atom stereocenters. The van der Waals surface area contributed by atoms with Gasteiger partial charge in [0.1, 0.15) is 5.60 Å². The van der Waals surface area contributed by atoms with Gasteiger partial charge in [0.2, 0.25) is 0 Å². The third-order valence-electron chi connectivity index (χ3n) is 3.11. The van der Waals surface area contributed by atoms with Crippen LogP contribution in [-0.2, 0) is 16.1 Å². The lowest BCUT2D eigenvalue weighted by atomic mass is 10.0. The van der Waals surface area contributed by atoms with Gasteiger partial charge in [-0.05, 0) is 25.8 Å². The van der Waals surface area contributed by atoms with Crippen molar-refractivity contribution in [3.8, 4) is 11.8 Å². The van der Waals surface area contributed by atoms with Crippen LogP contribution in [-0.4, -0.2) is 24.7 Å². The van der Waals surface area contributed by atoms with E-state index in [2.05, 4.69) is 17.2 Å². The fraction of sp³-hybridized carbons (Fsp3) is 0.500. The summed E-state index contributed by atoms with van der Waals surface area (Å²) in [7, 11) is 0. The van der Waals surface area contributed by atoms with Crippen molar-refractivity contribution in [1.82, 2.24) is 5.32 Å². The van der Waals surface area contributed by atoms with Crippen molar-refractivity contribution in [3.05, 3.63) is 21.9 Å². The Morgan fingerprint density at radius 3 is 3.21 bits per heavy atom. The molecule has 0 radical (unpaired) electrons. The van der Waals surface area contributed by atoms with Gasteiger partial charge in [-0.2, -0.15) is 0 Å². The highest BCUT2D eigenvalue weighted by Gasteiger charge is 2.37. The fourth-order valence-corrected chi connectivity index (χ4v) is 2.76. The van der Waals surface area contributed by atoms with Crippen molar-refractivity contribution >= 4 is 17.2 Å². The number of ether oxygens (including phenoxy) is 1. The van der Waals surface area contributed by atoms with E-state index in [-0.39, 0.29) is 5.91 Å². The van der Waals surface area contributed by atoms with E-state index in [0.29, 0.717) is 19.7 Å². The van der Waals surface area contributed by atoms with Gasteiger partial charge in [-0.15, -0.1) is 11.3 Å². The van der Waals surface area contributed by atoms with Gasteiger partial charge in [0.05, 0.1) is 13.1 Å². The molecule has 19 heavy (non-hydrogen) atoms. The fourth-order valence-electron chi connectivity index (χ4n) is 2.00. The molecule has 1 aliphatic rings. The molecule has 1 saturated heterocycles. The molecular weight excluding hydrogens is 260 g/mol. The van der Waals surface area contributed by atoms with Gasteiger partial charge in [0.15, 0.2) is 0 Å². The second-order valence-electron chi connectivity index (χ2n) is 4.67. The Bertz CT molecular complexity index is 507. The molecule has 1 fully saturated rings. The maximum absolute atomic E-state index is 12.0. The van der Waals surface area contributed by atoms with E-state index in [4.69, 9.17) is 10.5 Å². The van der Waals surface area contributed by atoms with E-state index in [0.717, 1.165) is 23.3 Å². The van der Waals surface area contributed by atoms with Crippen molar-refractivity contribution in [2.45, 2.75) is 31.9 Å². The normalized spacial score (nSPS) is 21.8. The molecule has 102 valence electrons. The first-order valence-corrected chi connectivity index (χ1v) is 7.20. The van der Waals surface area contributed by atoms with Crippen LogP contribution in [0.15, 0.2) is 11.4 Å². The molecule has 1 aliphatic heterocycles. The van der Waals surface area contributed by atoms with Crippen LogP contribution in [0, 0.1) is 11.8 Å².